The van der Waals surface area contributed by atoms with Crippen molar-refractivity contribution in [2.75, 3.05) is 9.62 Å². The van der Waals surface area contributed by atoms with Crippen LogP contribution < -0.4 is 9.62 Å². The fourth-order valence-electron chi connectivity index (χ4n) is 3.77. The summed E-state index contributed by atoms with van der Waals surface area (Å²) in [6.07, 6.45) is -4.53. The average molecular weight is 559 g/mol. The van der Waals surface area contributed by atoms with Crippen LogP contribution >= 0.6 is 11.6 Å². The summed E-state index contributed by atoms with van der Waals surface area (Å²) in [6.45, 7) is 1.73. The van der Waals surface area contributed by atoms with Crippen LogP contribution in [-0.2, 0) is 22.7 Å². The monoisotopic (exact) mass is 558 g/mol. The van der Waals surface area contributed by atoms with Crippen molar-refractivity contribution in [3.05, 3.63) is 124 Å². The third-order valence-corrected chi connectivity index (χ3v) is 7.77. The minimum absolute atomic E-state index is 0.00506. The Morgan fingerprint density at radius 1 is 0.895 bits per heavy atom. The molecule has 0 saturated carbocycles. The molecule has 4 aromatic carbocycles. The molecule has 38 heavy (non-hydrogen) atoms. The number of halogens is 4. The van der Waals surface area contributed by atoms with Crippen LogP contribution in [0.2, 0.25) is 5.02 Å². The molecule has 4 aromatic rings. The second-order valence-electron chi connectivity index (χ2n) is 8.49. The molecule has 0 spiro atoms. The smallest absolute Gasteiger partial charge is 0.322 e. The predicted molar refractivity (Wildman–Crippen MR) is 142 cm³/mol. The number of nitrogens with zero attached hydrogens (tertiary/aromatic N) is 1. The van der Waals surface area contributed by atoms with Gasteiger partial charge in [-0.05, 0) is 72.6 Å². The van der Waals surface area contributed by atoms with E-state index in [-0.39, 0.29) is 22.7 Å². The molecule has 196 valence electrons. The summed E-state index contributed by atoms with van der Waals surface area (Å²) in [5.41, 5.74) is 1.02. The van der Waals surface area contributed by atoms with Gasteiger partial charge in [-0.15, -0.1) is 0 Å². The fourth-order valence-corrected chi connectivity index (χ4v) is 5.47. The highest BCUT2D eigenvalue weighted by Gasteiger charge is 2.30. The Balaban J connectivity index is 1.60. The molecule has 0 radical (unpaired) electrons. The number of alkyl halides is 3. The van der Waals surface area contributed by atoms with E-state index in [0.29, 0.717) is 21.8 Å². The lowest BCUT2D eigenvalue weighted by Gasteiger charge is -2.26. The standard InChI is InChI=1S/C28H22ClF3N2O3S/c1-19-10-15-23(29)17-26(19)34(38(36,37)25-8-3-2-4-9-25)18-20-11-13-21(14-12-20)27(35)33-24-7-5-6-22(16-24)28(30,31)32/h2-17H,18H2,1H3,(H,33,35). The minimum Gasteiger partial charge on any atom is -0.322 e. The van der Waals surface area contributed by atoms with Crippen molar-refractivity contribution in [3.63, 3.8) is 0 Å². The highest BCUT2D eigenvalue weighted by molar-refractivity contribution is 7.92. The van der Waals surface area contributed by atoms with Crippen molar-refractivity contribution in [1.29, 1.82) is 0 Å². The Morgan fingerprint density at radius 2 is 1.58 bits per heavy atom. The lowest BCUT2D eigenvalue weighted by atomic mass is 10.1. The topological polar surface area (TPSA) is 66.5 Å². The molecule has 0 aromatic heterocycles. The van der Waals surface area contributed by atoms with Crippen LogP contribution in [0.15, 0.2) is 102 Å². The van der Waals surface area contributed by atoms with Gasteiger partial charge in [0.1, 0.15) is 0 Å². The van der Waals surface area contributed by atoms with Gasteiger partial charge in [0.2, 0.25) is 0 Å². The van der Waals surface area contributed by atoms with Crippen LogP contribution in [0.3, 0.4) is 0 Å². The average Bonchev–Trinajstić information content (AvgIpc) is 2.89. The molecule has 0 bridgehead atoms. The molecule has 1 amide bonds. The number of hydrogen-bond donors (Lipinski definition) is 1. The number of aryl methyl sites for hydroxylation is 1. The van der Waals surface area contributed by atoms with Crippen molar-refractivity contribution in [3.8, 4) is 0 Å². The Kier molecular flexibility index (Phi) is 7.80. The van der Waals surface area contributed by atoms with E-state index in [1.165, 1.54) is 40.7 Å². The van der Waals surface area contributed by atoms with E-state index in [2.05, 4.69) is 5.32 Å². The van der Waals surface area contributed by atoms with Gasteiger partial charge in [0.25, 0.3) is 15.9 Å². The van der Waals surface area contributed by atoms with Crippen LogP contribution in [0.25, 0.3) is 0 Å². The summed E-state index contributed by atoms with van der Waals surface area (Å²) < 4.78 is 67.4. The molecule has 0 aliphatic heterocycles. The van der Waals surface area contributed by atoms with Gasteiger partial charge in [0, 0.05) is 16.3 Å². The number of carbonyl (C=O) groups excluding carboxylic acids is 1. The number of amides is 1. The Bertz CT molecular complexity index is 1560. The van der Waals surface area contributed by atoms with E-state index in [9.17, 15) is 26.4 Å². The first-order chi connectivity index (χ1) is 17.9. The number of carbonyl (C=O) groups is 1. The van der Waals surface area contributed by atoms with E-state index in [0.717, 1.165) is 12.1 Å². The van der Waals surface area contributed by atoms with E-state index in [4.69, 9.17) is 11.6 Å². The summed E-state index contributed by atoms with van der Waals surface area (Å²) in [4.78, 5) is 12.8. The SMILES string of the molecule is Cc1ccc(Cl)cc1N(Cc1ccc(C(=O)Nc2cccc(C(F)(F)F)c2)cc1)S(=O)(=O)c1ccccc1. The van der Waals surface area contributed by atoms with Crippen molar-refractivity contribution in [1.82, 2.24) is 0 Å². The van der Waals surface area contributed by atoms with Crippen LogP contribution in [0.1, 0.15) is 27.0 Å². The Hall–Kier alpha value is -3.82. The zero-order valence-electron chi connectivity index (χ0n) is 20.0. The van der Waals surface area contributed by atoms with Crippen LogP contribution in [-0.4, -0.2) is 14.3 Å². The maximum Gasteiger partial charge on any atom is 0.416 e. The summed E-state index contributed by atoms with van der Waals surface area (Å²) in [5, 5.41) is 2.83. The van der Waals surface area contributed by atoms with Crippen LogP contribution in [0.4, 0.5) is 24.5 Å². The molecule has 0 saturated heterocycles. The number of rotatable bonds is 7. The highest BCUT2D eigenvalue weighted by Crippen LogP contribution is 2.32. The Morgan fingerprint density at radius 3 is 2.24 bits per heavy atom. The van der Waals surface area contributed by atoms with Crippen LogP contribution in [0.5, 0.6) is 0 Å². The first kappa shape index (κ1) is 27.2. The molecule has 0 heterocycles. The number of anilines is 2. The minimum atomic E-state index is -4.53. The van der Waals surface area contributed by atoms with Crippen molar-refractivity contribution in [2.24, 2.45) is 0 Å². The molecule has 0 aliphatic rings. The number of nitrogens with one attached hydrogen (secondary N) is 1. The lowest BCUT2D eigenvalue weighted by molar-refractivity contribution is -0.137. The van der Waals surface area contributed by atoms with E-state index < -0.39 is 27.7 Å². The third kappa shape index (κ3) is 6.17. The summed E-state index contributed by atoms with van der Waals surface area (Å²) in [5.74, 6) is -0.602. The predicted octanol–water partition coefficient (Wildman–Crippen LogP) is 7.32. The molecule has 0 aliphatic carbocycles. The highest BCUT2D eigenvalue weighted by atomic mass is 35.5. The van der Waals surface area contributed by atoms with Crippen molar-refractivity contribution < 1.29 is 26.4 Å². The van der Waals surface area contributed by atoms with Gasteiger partial charge in [0.05, 0.1) is 22.7 Å². The number of benzene rings is 4. The fraction of sp³-hybridized carbons (Fsp3) is 0.107. The van der Waals surface area contributed by atoms with E-state index in [1.807, 2.05) is 0 Å². The largest absolute Gasteiger partial charge is 0.416 e. The quantitative estimate of drug-likeness (QED) is 0.258. The molecule has 0 unspecified atom stereocenters. The van der Waals surface area contributed by atoms with Gasteiger partial charge in [-0.2, -0.15) is 13.2 Å². The van der Waals surface area contributed by atoms with Crippen LogP contribution in [0, 0.1) is 6.92 Å². The second-order valence-corrected chi connectivity index (χ2v) is 10.8. The van der Waals surface area contributed by atoms with Gasteiger partial charge < -0.3 is 5.32 Å². The van der Waals surface area contributed by atoms with E-state index >= 15 is 0 Å². The zero-order valence-corrected chi connectivity index (χ0v) is 21.6. The maximum atomic E-state index is 13.6. The van der Waals surface area contributed by atoms with Gasteiger partial charge in [0.15, 0.2) is 0 Å². The van der Waals surface area contributed by atoms with Crippen molar-refractivity contribution in [2.45, 2.75) is 24.5 Å². The van der Waals surface area contributed by atoms with Gasteiger partial charge >= 0.3 is 6.18 Å². The van der Waals surface area contributed by atoms with E-state index in [1.54, 1.807) is 55.5 Å². The molecular formula is C28H22ClF3N2O3S. The third-order valence-electron chi connectivity index (χ3n) is 5.76. The molecule has 4 rings (SSSR count). The normalized spacial score (nSPS) is 11.7. The Labute approximate surface area is 223 Å². The molecule has 10 heteroatoms. The molecule has 0 fully saturated rings. The first-order valence-electron chi connectivity index (χ1n) is 11.4. The summed E-state index contributed by atoms with van der Waals surface area (Å²) in [7, 11) is -3.97. The second kappa shape index (κ2) is 10.9. The van der Waals surface area contributed by atoms with Crippen molar-refractivity contribution >= 4 is 38.9 Å². The van der Waals surface area contributed by atoms with Gasteiger partial charge in [-0.25, -0.2) is 8.42 Å². The number of hydrogen-bond acceptors (Lipinski definition) is 3. The molecule has 1 N–H and O–H groups in total. The number of sulfonamides is 1. The summed E-state index contributed by atoms with van der Waals surface area (Å²) in [6, 6.07) is 23.5. The lowest BCUT2D eigenvalue weighted by Crippen LogP contribution is -2.31. The van der Waals surface area contributed by atoms with Gasteiger partial charge in [-0.3, -0.25) is 9.10 Å². The zero-order chi connectivity index (χ0) is 27.5. The maximum absolute atomic E-state index is 13.6. The first-order valence-corrected chi connectivity index (χ1v) is 13.2. The molecule has 5 nitrogen and oxygen atoms in total. The molecule has 0 atom stereocenters. The van der Waals surface area contributed by atoms with Gasteiger partial charge in [-0.1, -0.05) is 54.1 Å². The summed E-state index contributed by atoms with van der Waals surface area (Å²) >= 11 is 6.19. The molecular weight excluding hydrogens is 537 g/mol.